The second-order valence-electron chi connectivity index (χ2n) is 2.92. The van der Waals surface area contributed by atoms with Crippen molar-refractivity contribution in [3.8, 4) is 0 Å². The van der Waals surface area contributed by atoms with Crippen LogP contribution in [-0.4, -0.2) is 4.98 Å². The van der Waals surface area contributed by atoms with Crippen LogP contribution >= 0.6 is 45.5 Å². The summed E-state index contributed by atoms with van der Waals surface area (Å²) >= 11 is 9.83. The largest absolute Gasteiger partial charge is 0.357 e. The highest BCUT2D eigenvalue weighted by Crippen LogP contribution is 2.20. The zero-order valence-corrected chi connectivity index (χ0v) is 11.4. The Morgan fingerprint density at radius 2 is 2.20 bits per heavy atom. The van der Waals surface area contributed by atoms with Crippen LogP contribution in [0.3, 0.4) is 0 Å². The van der Waals surface area contributed by atoms with Crippen molar-refractivity contribution in [1.29, 1.82) is 0 Å². The lowest BCUT2D eigenvalue weighted by Crippen LogP contribution is -1.99. The van der Waals surface area contributed by atoms with Gasteiger partial charge in [-0.1, -0.05) is 29.8 Å². The van der Waals surface area contributed by atoms with E-state index >= 15 is 0 Å². The van der Waals surface area contributed by atoms with Crippen molar-refractivity contribution in [2.45, 2.75) is 6.54 Å². The zero-order chi connectivity index (χ0) is 10.7. The Morgan fingerprint density at radius 3 is 2.87 bits per heavy atom. The summed E-state index contributed by atoms with van der Waals surface area (Å²) < 4.78 is 1.01. The summed E-state index contributed by atoms with van der Waals surface area (Å²) in [7, 11) is 0. The van der Waals surface area contributed by atoms with E-state index < -0.39 is 0 Å². The van der Waals surface area contributed by atoms with Crippen molar-refractivity contribution in [1.82, 2.24) is 4.98 Å². The Balaban J connectivity index is 2.02. The fraction of sp³-hybridized carbons (Fsp3) is 0.100. The second-order valence-corrected chi connectivity index (χ2v) is 5.29. The average molecular weight is 351 g/mol. The summed E-state index contributed by atoms with van der Waals surface area (Å²) in [6, 6.07) is 7.81. The van der Waals surface area contributed by atoms with Crippen molar-refractivity contribution >= 4 is 50.7 Å². The smallest absolute Gasteiger partial charge is 0.183 e. The van der Waals surface area contributed by atoms with Gasteiger partial charge >= 0.3 is 0 Å². The zero-order valence-electron chi connectivity index (χ0n) is 7.71. The third-order valence-corrected chi connectivity index (χ3v) is 4.01. The number of rotatable bonds is 3. The molecule has 0 atom stereocenters. The molecule has 78 valence electrons. The molecule has 1 heterocycles. The van der Waals surface area contributed by atoms with E-state index in [9.17, 15) is 0 Å². The first-order valence-electron chi connectivity index (χ1n) is 4.34. The van der Waals surface area contributed by atoms with Gasteiger partial charge in [-0.25, -0.2) is 4.98 Å². The maximum atomic E-state index is 6.04. The second kappa shape index (κ2) is 5.14. The van der Waals surface area contributed by atoms with Crippen LogP contribution in [0, 0.1) is 3.70 Å². The number of nitrogens with one attached hydrogen (secondary N) is 1. The molecule has 0 unspecified atom stereocenters. The van der Waals surface area contributed by atoms with Gasteiger partial charge < -0.3 is 5.32 Å². The van der Waals surface area contributed by atoms with E-state index in [-0.39, 0.29) is 0 Å². The van der Waals surface area contributed by atoms with Crippen molar-refractivity contribution < 1.29 is 0 Å². The molecule has 0 aliphatic heterocycles. The molecule has 0 spiro atoms. The van der Waals surface area contributed by atoms with E-state index in [2.05, 4.69) is 32.9 Å². The van der Waals surface area contributed by atoms with Crippen LogP contribution in [0.25, 0.3) is 0 Å². The van der Waals surface area contributed by atoms with Gasteiger partial charge in [0.2, 0.25) is 0 Å². The number of anilines is 1. The maximum Gasteiger partial charge on any atom is 0.183 e. The van der Waals surface area contributed by atoms with Crippen LogP contribution in [0.4, 0.5) is 5.13 Å². The SMILES string of the molecule is Clc1ccccc1CNc1nc(I)cs1. The van der Waals surface area contributed by atoms with Gasteiger partial charge in [-0.05, 0) is 34.2 Å². The Labute approximate surface area is 111 Å². The van der Waals surface area contributed by atoms with Crippen molar-refractivity contribution in [3.63, 3.8) is 0 Å². The molecule has 15 heavy (non-hydrogen) atoms. The summed E-state index contributed by atoms with van der Waals surface area (Å²) in [5.41, 5.74) is 1.09. The summed E-state index contributed by atoms with van der Waals surface area (Å²) in [5.74, 6) is 0. The van der Waals surface area contributed by atoms with Crippen LogP contribution in [0.5, 0.6) is 0 Å². The lowest BCUT2D eigenvalue weighted by molar-refractivity contribution is 1.13. The predicted octanol–water partition coefficient (Wildman–Crippen LogP) is 4.01. The quantitative estimate of drug-likeness (QED) is 0.846. The van der Waals surface area contributed by atoms with Crippen molar-refractivity contribution in [2.75, 3.05) is 5.32 Å². The molecule has 0 saturated heterocycles. The molecular weight excluding hydrogens is 343 g/mol. The van der Waals surface area contributed by atoms with Gasteiger partial charge in [0.25, 0.3) is 0 Å². The van der Waals surface area contributed by atoms with E-state index in [1.54, 1.807) is 11.3 Å². The van der Waals surface area contributed by atoms with Crippen LogP contribution in [0.1, 0.15) is 5.56 Å². The minimum atomic E-state index is 0.712. The Bertz CT molecular complexity index is 458. The molecule has 0 bridgehead atoms. The van der Waals surface area contributed by atoms with E-state index in [4.69, 9.17) is 11.6 Å². The summed E-state index contributed by atoms with van der Waals surface area (Å²) in [6.45, 7) is 0.712. The lowest BCUT2D eigenvalue weighted by atomic mass is 10.2. The lowest BCUT2D eigenvalue weighted by Gasteiger charge is -2.04. The van der Waals surface area contributed by atoms with Gasteiger partial charge in [0.15, 0.2) is 5.13 Å². The third-order valence-electron chi connectivity index (χ3n) is 1.86. The summed E-state index contributed by atoms with van der Waals surface area (Å²) in [5, 5.41) is 6.97. The minimum absolute atomic E-state index is 0.712. The highest BCUT2D eigenvalue weighted by Gasteiger charge is 2.01. The molecule has 1 aromatic carbocycles. The molecule has 2 aromatic rings. The highest BCUT2D eigenvalue weighted by molar-refractivity contribution is 14.1. The molecule has 0 amide bonds. The average Bonchev–Trinajstić information content (AvgIpc) is 2.63. The monoisotopic (exact) mass is 350 g/mol. The number of hydrogen-bond donors (Lipinski definition) is 1. The standard InChI is InChI=1S/C10H8ClIN2S/c11-8-4-2-1-3-7(8)5-13-10-14-9(12)6-15-10/h1-4,6H,5H2,(H,13,14). The highest BCUT2D eigenvalue weighted by atomic mass is 127. The van der Waals surface area contributed by atoms with E-state index in [0.717, 1.165) is 19.4 Å². The van der Waals surface area contributed by atoms with Crippen LogP contribution in [-0.2, 0) is 6.54 Å². The van der Waals surface area contributed by atoms with Gasteiger partial charge in [-0.15, -0.1) is 11.3 Å². The van der Waals surface area contributed by atoms with Crippen LogP contribution < -0.4 is 5.32 Å². The number of halogens is 2. The molecule has 0 fully saturated rings. The maximum absolute atomic E-state index is 6.04. The van der Waals surface area contributed by atoms with Gasteiger partial charge in [-0.3, -0.25) is 0 Å². The Kier molecular flexibility index (Phi) is 3.82. The van der Waals surface area contributed by atoms with Crippen molar-refractivity contribution in [3.05, 3.63) is 43.9 Å². The molecule has 5 heteroatoms. The Hall–Kier alpha value is -0.330. The molecule has 2 nitrogen and oxygen atoms in total. The fourth-order valence-corrected chi connectivity index (χ4v) is 2.70. The van der Waals surface area contributed by atoms with Crippen LogP contribution in [0.2, 0.25) is 5.02 Å². The molecule has 1 N–H and O–H groups in total. The predicted molar refractivity (Wildman–Crippen MR) is 73.6 cm³/mol. The van der Waals surface area contributed by atoms with Gasteiger partial charge in [0.05, 0.1) is 0 Å². The fourth-order valence-electron chi connectivity index (χ4n) is 1.15. The number of aromatic nitrogens is 1. The molecular formula is C10H8ClIN2S. The first-order valence-corrected chi connectivity index (χ1v) is 6.67. The summed E-state index contributed by atoms with van der Waals surface area (Å²) in [6.07, 6.45) is 0. The molecule has 0 saturated carbocycles. The molecule has 2 rings (SSSR count). The number of thiazole rings is 1. The van der Waals surface area contributed by atoms with Gasteiger partial charge in [-0.2, -0.15) is 0 Å². The van der Waals surface area contributed by atoms with E-state index in [1.165, 1.54) is 0 Å². The van der Waals surface area contributed by atoms with E-state index in [1.807, 2.05) is 29.6 Å². The number of nitrogens with zero attached hydrogens (tertiary/aromatic N) is 1. The van der Waals surface area contributed by atoms with E-state index in [0.29, 0.717) is 6.54 Å². The van der Waals surface area contributed by atoms with Crippen LogP contribution in [0.15, 0.2) is 29.6 Å². The summed E-state index contributed by atoms with van der Waals surface area (Å²) in [4.78, 5) is 4.31. The minimum Gasteiger partial charge on any atom is -0.357 e. The molecule has 0 aliphatic rings. The Morgan fingerprint density at radius 1 is 1.40 bits per heavy atom. The normalized spacial score (nSPS) is 10.3. The molecule has 0 aliphatic carbocycles. The molecule has 0 radical (unpaired) electrons. The number of benzene rings is 1. The first kappa shape index (κ1) is 11.2. The third kappa shape index (κ3) is 3.06. The number of hydrogen-bond acceptors (Lipinski definition) is 3. The van der Waals surface area contributed by atoms with Gasteiger partial charge in [0, 0.05) is 16.9 Å². The topological polar surface area (TPSA) is 24.9 Å². The first-order chi connectivity index (χ1) is 7.25. The van der Waals surface area contributed by atoms with Gasteiger partial charge in [0.1, 0.15) is 3.70 Å². The molecule has 1 aromatic heterocycles. The van der Waals surface area contributed by atoms with Crippen molar-refractivity contribution in [2.24, 2.45) is 0 Å².